The van der Waals surface area contributed by atoms with Crippen molar-refractivity contribution in [1.29, 1.82) is 0 Å². The lowest BCUT2D eigenvalue weighted by Crippen LogP contribution is -2.48. The number of rotatable bonds is 6. The monoisotopic (exact) mass is 343 g/mol. The summed E-state index contributed by atoms with van der Waals surface area (Å²) in [4.78, 5) is 11.4. The van der Waals surface area contributed by atoms with Gasteiger partial charge >= 0.3 is 5.97 Å². The molecule has 0 amide bonds. The molecule has 1 rings (SSSR count). The Morgan fingerprint density at radius 1 is 1.43 bits per heavy atom. The van der Waals surface area contributed by atoms with Gasteiger partial charge in [-0.3, -0.25) is 4.79 Å². The Morgan fingerprint density at radius 2 is 2.05 bits per heavy atom. The maximum atomic E-state index is 12.3. The van der Waals surface area contributed by atoms with E-state index >= 15 is 0 Å². The van der Waals surface area contributed by atoms with Crippen LogP contribution in [0.4, 0.5) is 0 Å². The van der Waals surface area contributed by atoms with Crippen LogP contribution in [0, 0.1) is 5.92 Å². The second-order valence-electron chi connectivity index (χ2n) is 4.97. The summed E-state index contributed by atoms with van der Waals surface area (Å²) in [6.07, 6.45) is 1.27. The number of methoxy groups -OCH3 is 1. The van der Waals surface area contributed by atoms with Crippen LogP contribution in [0.1, 0.15) is 19.8 Å². The fourth-order valence-electron chi connectivity index (χ4n) is 2.17. The summed E-state index contributed by atoms with van der Waals surface area (Å²) in [6, 6.07) is 0. The summed E-state index contributed by atoms with van der Waals surface area (Å²) in [5.41, 5.74) is 0. The number of sulfonamides is 1. The van der Waals surface area contributed by atoms with Gasteiger partial charge < -0.3 is 4.74 Å². The van der Waals surface area contributed by atoms with Crippen LogP contribution in [-0.2, 0) is 29.8 Å². The lowest BCUT2D eigenvalue weighted by atomic mass is 10.0. The molecule has 3 N–H and O–H groups in total. The summed E-state index contributed by atoms with van der Waals surface area (Å²) < 4.78 is 54.1. The highest BCUT2D eigenvalue weighted by Crippen LogP contribution is 2.21. The van der Waals surface area contributed by atoms with Crippen molar-refractivity contribution in [3.8, 4) is 0 Å². The lowest BCUT2D eigenvalue weighted by molar-refractivity contribution is -0.139. The highest BCUT2D eigenvalue weighted by Gasteiger charge is 2.37. The molecule has 21 heavy (non-hydrogen) atoms. The SMILES string of the molecule is COC(=O)C(C)S(=O)(=O)N1CCCC(CNS(N)(=O)=O)C1. The fraction of sp³-hybridized carbons (Fsp3) is 0.900. The van der Waals surface area contributed by atoms with E-state index in [9.17, 15) is 21.6 Å². The third-order valence-corrected chi connectivity index (χ3v) is 6.10. The number of piperidine rings is 1. The number of carbonyl (C=O) groups is 1. The molecule has 0 aromatic rings. The first-order valence-corrected chi connectivity index (χ1v) is 9.47. The summed E-state index contributed by atoms with van der Waals surface area (Å²) in [5.74, 6) is -1.00. The average molecular weight is 343 g/mol. The van der Waals surface area contributed by atoms with Crippen LogP contribution in [0.3, 0.4) is 0 Å². The zero-order valence-electron chi connectivity index (χ0n) is 12.0. The lowest BCUT2D eigenvalue weighted by Gasteiger charge is -2.33. The minimum Gasteiger partial charge on any atom is -0.468 e. The smallest absolute Gasteiger partial charge is 0.325 e. The molecule has 0 radical (unpaired) electrons. The van der Waals surface area contributed by atoms with Gasteiger partial charge in [-0.25, -0.2) is 22.6 Å². The number of esters is 1. The molecule has 1 aliphatic heterocycles. The summed E-state index contributed by atoms with van der Waals surface area (Å²) in [7, 11) is -6.48. The molecular weight excluding hydrogens is 322 g/mol. The Kier molecular flexibility index (Phi) is 6.11. The molecular formula is C10H21N3O6S2. The third kappa shape index (κ3) is 5.18. The summed E-state index contributed by atoms with van der Waals surface area (Å²) in [5, 5.41) is 3.56. The van der Waals surface area contributed by atoms with Crippen molar-refractivity contribution in [3.63, 3.8) is 0 Å². The van der Waals surface area contributed by atoms with E-state index in [1.807, 2.05) is 0 Å². The molecule has 9 nitrogen and oxygen atoms in total. The molecule has 1 aliphatic rings. The fourth-order valence-corrected chi connectivity index (χ4v) is 4.23. The Hall–Kier alpha value is -0.750. The van der Waals surface area contributed by atoms with E-state index in [1.165, 1.54) is 11.2 Å². The van der Waals surface area contributed by atoms with E-state index < -0.39 is 31.5 Å². The largest absolute Gasteiger partial charge is 0.468 e. The summed E-state index contributed by atoms with van der Waals surface area (Å²) in [6.45, 7) is 1.78. The topological polar surface area (TPSA) is 136 Å². The van der Waals surface area contributed by atoms with Crippen LogP contribution >= 0.6 is 0 Å². The van der Waals surface area contributed by atoms with Crippen molar-refractivity contribution < 1.29 is 26.4 Å². The maximum Gasteiger partial charge on any atom is 0.325 e. The Balaban J connectivity index is 2.73. The van der Waals surface area contributed by atoms with E-state index in [1.54, 1.807) is 0 Å². The van der Waals surface area contributed by atoms with Crippen molar-refractivity contribution in [2.24, 2.45) is 11.1 Å². The minimum absolute atomic E-state index is 0.0669. The average Bonchev–Trinajstić information content (AvgIpc) is 2.43. The molecule has 1 fully saturated rings. The zero-order valence-corrected chi connectivity index (χ0v) is 13.6. The van der Waals surface area contributed by atoms with E-state index in [0.717, 1.165) is 7.11 Å². The molecule has 0 saturated carbocycles. The predicted molar refractivity (Wildman–Crippen MR) is 75.8 cm³/mol. The number of ether oxygens (including phenoxy) is 1. The van der Waals surface area contributed by atoms with Gasteiger partial charge in [0.15, 0.2) is 5.25 Å². The van der Waals surface area contributed by atoms with Gasteiger partial charge in [0.25, 0.3) is 10.2 Å². The van der Waals surface area contributed by atoms with Gasteiger partial charge in [-0.05, 0) is 25.7 Å². The number of nitrogens with two attached hydrogens (primary N) is 1. The second kappa shape index (κ2) is 7.01. The van der Waals surface area contributed by atoms with Crippen molar-refractivity contribution in [3.05, 3.63) is 0 Å². The summed E-state index contributed by atoms with van der Waals surface area (Å²) >= 11 is 0. The van der Waals surface area contributed by atoms with E-state index in [2.05, 4.69) is 9.46 Å². The van der Waals surface area contributed by atoms with E-state index in [4.69, 9.17) is 5.14 Å². The molecule has 0 aromatic heterocycles. The van der Waals surface area contributed by atoms with E-state index in [0.29, 0.717) is 19.4 Å². The zero-order chi connectivity index (χ0) is 16.3. The molecule has 11 heteroatoms. The number of nitrogens with one attached hydrogen (secondary N) is 1. The van der Waals surface area contributed by atoms with Crippen LogP contribution in [0.2, 0.25) is 0 Å². The molecule has 0 aliphatic carbocycles. The first kappa shape index (κ1) is 18.3. The molecule has 0 spiro atoms. The molecule has 2 atom stereocenters. The van der Waals surface area contributed by atoms with Crippen LogP contribution in [0.15, 0.2) is 0 Å². The molecule has 0 aromatic carbocycles. The predicted octanol–water partition coefficient (Wildman–Crippen LogP) is -1.62. The quantitative estimate of drug-likeness (QED) is 0.557. The van der Waals surface area contributed by atoms with Gasteiger partial charge in [-0.1, -0.05) is 0 Å². The van der Waals surface area contributed by atoms with Crippen molar-refractivity contribution in [1.82, 2.24) is 9.03 Å². The van der Waals surface area contributed by atoms with Gasteiger partial charge in [0.1, 0.15) is 0 Å². The van der Waals surface area contributed by atoms with Crippen LogP contribution < -0.4 is 9.86 Å². The highest BCUT2D eigenvalue weighted by molar-refractivity contribution is 7.90. The first-order chi connectivity index (χ1) is 9.58. The molecule has 1 heterocycles. The number of hydrogen-bond acceptors (Lipinski definition) is 6. The third-order valence-electron chi connectivity index (χ3n) is 3.39. The number of carbonyl (C=O) groups excluding carboxylic acids is 1. The Labute approximate surface area is 125 Å². The van der Waals surface area contributed by atoms with E-state index in [-0.39, 0.29) is 19.0 Å². The normalized spacial score (nSPS) is 22.7. The first-order valence-electron chi connectivity index (χ1n) is 6.42. The number of nitrogens with zero attached hydrogens (tertiary/aromatic N) is 1. The van der Waals surface area contributed by atoms with Crippen LogP contribution in [0.5, 0.6) is 0 Å². The maximum absolute atomic E-state index is 12.3. The second-order valence-corrected chi connectivity index (χ2v) is 8.60. The molecule has 0 bridgehead atoms. The van der Waals surface area contributed by atoms with Gasteiger partial charge in [-0.2, -0.15) is 8.42 Å². The Morgan fingerprint density at radius 3 is 2.57 bits per heavy atom. The molecule has 124 valence electrons. The standard InChI is InChI=1S/C10H21N3O6S2/c1-8(10(14)19-2)20(15,16)13-5-3-4-9(7-13)6-12-21(11,17)18/h8-9,12H,3-7H2,1-2H3,(H2,11,17,18). The van der Waals surface area contributed by atoms with Crippen molar-refractivity contribution in [2.45, 2.75) is 25.0 Å². The molecule has 1 saturated heterocycles. The van der Waals surface area contributed by atoms with Gasteiger partial charge in [0.2, 0.25) is 10.0 Å². The van der Waals surface area contributed by atoms with Gasteiger partial charge in [0, 0.05) is 19.6 Å². The van der Waals surface area contributed by atoms with Crippen LogP contribution in [0.25, 0.3) is 0 Å². The van der Waals surface area contributed by atoms with Gasteiger partial charge in [0.05, 0.1) is 7.11 Å². The minimum atomic E-state index is -3.81. The Bertz CT molecular complexity index is 574. The number of hydrogen-bond donors (Lipinski definition) is 2. The van der Waals surface area contributed by atoms with Crippen molar-refractivity contribution >= 4 is 26.2 Å². The van der Waals surface area contributed by atoms with Gasteiger partial charge in [-0.15, -0.1) is 0 Å². The van der Waals surface area contributed by atoms with Crippen LogP contribution in [-0.4, -0.2) is 59.1 Å². The highest BCUT2D eigenvalue weighted by atomic mass is 32.2. The molecule has 2 unspecified atom stereocenters. The van der Waals surface area contributed by atoms with Crippen molar-refractivity contribution in [2.75, 3.05) is 26.7 Å².